The van der Waals surface area contributed by atoms with Crippen molar-refractivity contribution in [1.82, 2.24) is 19.5 Å². The Kier molecular flexibility index (Phi) is 4.14. The number of amides is 2. The molecule has 1 aliphatic carbocycles. The van der Waals surface area contributed by atoms with Crippen LogP contribution in [-0.4, -0.2) is 48.1 Å². The van der Waals surface area contributed by atoms with Crippen molar-refractivity contribution in [3.05, 3.63) is 59.7 Å². The molecule has 1 aromatic carbocycles. The number of fused-ring (bicyclic) bond motifs is 2. The van der Waals surface area contributed by atoms with Crippen LogP contribution in [0.2, 0.25) is 0 Å². The lowest BCUT2D eigenvalue weighted by atomic mass is 9.93. The summed E-state index contributed by atoms with van der Waals surface area (Å²) in [5, 5.41) is 17.7. The van der Waals surface area contributed by atoms with Gasteiger partial charge in [-0.1, -0.05) is 12.1 Å². The van der Waals surface area contributed by atoms with Gasteiger partial charge in [0.1, 0.15) is 6.33 Å². The topological polar surface area (TPSA) is 99.8 Å². The molecule has 5 rings (SSSR count). The Balaban J connectivity index is 1.47. The standard InChI is InChI=1S/C22H23N5O3/c1-22(2,30)19(13-6-7-13)26-11-14-4-3-5-16(18(14)21(26)29)25-20(28)15-10-23-12-27-17(15)8-9-24-27/h3-5,8-10,12-13,19,30H,6-7,11H2,1-2H3,(H,25,28)/t19-/m1/s1. The molecular weight excluding hydrogens is 382 g/mol. The van der Waals surface area contributed by atoms with Crippen LogP contribution in [0.4, 0.5) is 5.69 Å². The van der Waals surface area contributed by atoms with Crippen LogP contribution in [0.25, 0.3) is 5.52 Å². The third-order valence-corrected chi connectivity index (χ3v) is 5.91. The number of carbonyl (C=O) groups is 2. The van der Waals surface area contributed by atoms with E-state index in [1.807, 2.05) is 12.1 Å². The summed E-state index contributed by atoms with van der Waals surface area (Å²) >= 11 is 0. The van der Waals surface area contributed by atoms with E-state index < -0.39 is 5.60 Å². The summed E-state index contributed by atoms with van der Waals surface area (Å²) in [7, 11) is 0. The van der Waals surface area contributed by atoms with Gasteiger partial charge < -0.3 is 15.3 Å². The van der Waals surface area contributed by atoms with Gasteiger partial charge in [-0.2, -0.15) is 5.10 Å². The van der Waals surface area contributed by atoms with E-state index in [0.717, 1.165) is 18.4 Å². The predicted octanol–water partition coefficient (Wildman–Crippen LogP) is 2.49. The maximum atomic E-state index is 13.4. The predicted molar refractivity (Wildman–Crippen MR) is 110 cm³/mol. The van der Waals surface area contributed by atoms with Crippen molar-refractivity contribution >= 4 is 23.0 Å². The summed E-state index contributed by atoms with van der Waals surface area (Å²) in [6, 6.07) is 6.96. The first-order valence-electron chi connectivity index (χ1n) is 10.1. The lowest BCUT2D eigenvalue weighted by Gasteiger charge is -2.37. The summed E-state index contributed by atoms with van der Waals surface area (Å²) in [6.07, 6.45) is 6.65. The van der Waals surface area contributed by atoms with Gasteiger partial charge >= 0.3 is 0 Å². The number of carbonyl (C=O) groups excluding carboxylic acids is 2. The Morgan fingerprint density at radius 1 is 1.30 bits per heavy atom. The maximum Gasteiger partial charge on any atom is 0.259 e. The molecule has 1 atom stereocenters. The van der Waals surface area contributed by atoms with Crippen molar-refractivity contribution in [3.63, 3.8) is 0 Å². The molecule has 1 fully saturated rings. The number of nitrogens with zero attached hydrogens (tertiary/aromatic N) is 4. The third-order valence-electron chi connectivity index (χ3n) is 5.91. The van der Waals surface area contributed by atoms with Crippen LogP contribution in [-0.2, 0) is 6.54 Å². The average molecular weight is 405 g/mol. The highest BCUT2D eigenvalue weighted by Gasteiger charge is 2.48. The first-order chi connectivity index (χ1) is 14.3. The molecule has 0 bridgehead atoms. The van der Waals surface area contributed by atoms with Crippen LogP contribution in [0.5, 0.6) is 0 Å². The molecule has 1 aliphatic heterocycles. The fourth-order valence-corrected chi connectivity index (χ4v) is 4.56. The van der Waals surface area contributed by atoms with E-state index in [4.69, 9.17) is 0 Å². The van der Waals surface area contributed by atoms with Gasteiger partial charge in [0.15, 0.2) is 0 Å². The minimum Gasteiger partial charge on any atom is -0.388 e. The second kappa shape index (κ2) is 6.63. The van der Waals surface area contributed by atoms with E-state index >= 15 is 0 Å². The minimum absolute atomic E-state index is 0.152. The zero-order valence-electron chi connectivity index (χ0n) is 16.9. The summed E-state index contributed by atoms with van der Waals surface area (Å²) in [4.78, 5) is 32.2. The summed E-state index contributed by atoms with van der Waals surface area (Å²) in [5.41, 5.74) is 1.84. The van der Waals surface area contributed by atoms with Crippen molar-refractivity contribution in [1.29, 1.82) is 0 Å². The normalized spacial score (nSPS) is 17.3. The Labute approximate surface area is 173 Å². The number of anilines is 1. The molecule has 2 aromatic heterocycles. The second-order valence-electron chi connectivity index (χ2n) is 8.63. The van der Waals surface area contributed by atoms with Crippen LogP contribution < -0.4 is 5.32 Å². The number of aromatic nitrogens is 3. The van der Waals surface area contributed by atoms with E-state index in [1.54, 1.807) is 37.1 Å². The van der Waals surface area contributed by atoms with Crippen molar-refractivity contribution in [2.45, 2.75) is 44.9 Å². The average Bonchev–Trinajstić information content (AvgIpc) is 3.29. The zero-order chi connectivity index (χ0) is 21.0. The van der Waals surface area contributed by atoms with E-state index in [-0.39, 0.29) is 17.9 Å². The first-order valence-corrected chi connectivity index (χ1v) is 10.1. The van der Waals surface area contributed by atoms with Crippen LogP contribution in [0.3, 0.4) is 0 Å². The highest BCUT2D eigenvalue weighted by Crippen LogP contribution is 2.43. The number of hydrogen-bond acceptors (Lipinski definition) is 5. The molecule has 30 heavy (non-hydrogen) atoms. The Morgan fingerprint density at radius 3 is 2.83 bits per heavy atom. The zero-order valence-corrected chi connectivity index (χ0v) is 16.9. The molecule has 1 saturated carbocycles. The van der Waals surface area contributed by atoms with Crippen molar-refractivity contribution in [2.75, 3.05) is 5.32 Å². The summed E-state index contributed by atoms with van der Waals surface area (Å²) in [5.74, 6) is -0.193. The Morgan fingerprint density at radius 2 is 2.10 bits per heavy atom. The number of nitrogens with one attached hydrogen (secondary N) is 1. The molecule has 0 saturated heterocycles. The van der Waals surface area contributed by atoms with Crippen LogP contribution in [0, 0.1) is 5.92 Å². The van der Waals surface area contributed by atoms with Gasteiger partial charge in [0.25, 0.3) is 11.8 Å². The van der Waals surface area contributed by atoms with E-state index in [9.17, 15) is 14.7 Å². The molecule has 3 aromatic rings. The molecule has 2 aliphatic rings. The highest BCUT2D eigenvalue weighted by molar-refractivity contribution is 6.12. The van der Waals surface area contributed by atoms with E-state index in [2.05, 4.69) is 15.4 Å². The molecule has 154 valence electrons. The fraction of sp³-hybridized carbons (Fsp3) is 0.364. The number of benzene rings is 1. The van der Waals surface area contributed by atoms with Gasteiger partial charge in [0.2, 0.25) is 0 Å². The monoisotopic (exact) mass is 405 g/mol. The molecule has 8 heteroatoms. The van der Waals surface area contributed by atoms with E-state index in [0.29, 0.717) is 34.8 Å². The van der Waals surface area contributed by atoms with Gasteiger partial charge in [0, 0.05) is 12.7 Å². The molecular formula is C22H23N5O3. The second-order valence-corrected chi connectivity index (χ2v) is 8.63. The number of hydrogen-bond donors (Lipinski definition) is 2. The molecule has 0 spiro atoms. The molecule has 3 heterocycles. The maximum absolute atomic E-state index is 13.4. The molecule has 0 radical (unpaired) electrons. The van der Waals surface area contributed by atoms with Gasteiger partial charge in [-0.15, -0.1) is 0 Å². The van der Waals surface area contributed by atoms with Crippen molar-refractivity contribution in [2.24, 2.45) is 5.92 Å². The lowest BCUT2D eigenvalue weighted by molar-refractivity contribution is -0.0224. The SMILES string of the molecule is CC(C)(O)[C@@H](C1CC1)N1Cc2cccc(NC(=O)c3cncn4nccc34)c2C1=O. The summed E-state index contributed by atoms with van der Waals surface area (Å²) < 4.78 is 1.53. The lowest BCUT2D eigenvalue weighted by Crippen LogP contribution is -2.51. The largest absolute Gasteiger partial charge is 0.388 e. The van der Waals surface area contributed by atoms with Crippen LogP contribution >= 0.6 is 0 Å². The Bertz CT molecular complexity index is 1160. The van der Waals surface area contributed by atoms with Gasteiger partial charge in [-0.05, 0) is 50.3 Å². The van der Waals surface area contributed by atoms with Crippen LogP contribution in [0.1, 0.15) is 53.0 Å². The van der Waals surface area contributed by atoms with Gasteiger partial charge in [-0.25, -0.2) is 9.50 Å². The Hall–Kier alpha value is -3.26. The molecule has 2 N–H and O–H groups in total. The van der Waals surface area contributed by atoms with Gasteiger partial charge in [0.05, 0.1) is 40.2 Å². The molecule has 8 nitrogen and oxygen atoms in total. The minimum atomic E-state index is -0.994. The highest BCUT2D eigenvalue weighted by atomic mass is 16.3. The van der Waals surface area contributed by atoms with Gasteiger partial charge in [-0.3, -0.25) is 9.59 Å². The van der Waals surface area contributed by atoms with Crippen molar-refractivity contribution in [3.8, 4) is 0 Å². The molecule has 2 amide bonds. The van der Waals surface area contributed by atoms with Crippen molar-refractivity contribution < 1.29 is 14.7 Å². The first kappa shape index (κ1) is 18.7. The van der Waals surface area contributed by atoms with Crippen LogP contribution in [0.15, 0.2) is 43.0 Å². The number of rotatable bonds is 5. The molecule has 0 unspecified atom stereocenters. The summed E-state index contributed by atoms with van der Waals surface area (Å²) in [6.45, 7) is 3.95. The van der Waals surface area contributed by atoms with E-state index in [1.165, 1.54) is 17.0 Å². The fourth-order valence-electron chi connectivity index (χ4n) is 4.56. The smallest absolute Gasteiger partial charge is 0.259 e. The number of aliphatic hydroxyl groups is 1. The quantitative estimate of drug-likeness (QED) is 0.679. The third kappa shape index (κ3) is 3.04.